The van der Waals surface area contributed by atoms with E-state index >= 15 is 0 Å². The number of nitrogens with zero attached hydrogens (tertiary/aromatic N) is 4. The third-order valence-corrected chi connectivity index (χ3v) is 4.97. The van der Waals surface area contributed by atoms with Crippen molar-refractivity contribution >= 4 is 39.7 Å². The van der Waals surface area contributed by atoms with Gasteiger partial charge in [0.2, 0.25) is 0 Å². The largest absolute Gasteiger partial charge is 0.332 e. The van der Waals surface area contributed by atoms with E-state index in [9.17, 15) is 0 Å². The number of pyridine rings is 2. The highest BCUT2D eigenvalue weighted by Gasteiger charge is 2.15. The Bertz CT molecular complexity index is 1380. The van der Waals surface area contributed by atoms with Crippen LogP contribution in [0.2, 0.25) is 0 Å². The molecule has 0 bridgehead atoms. The van der Waals surface area contributed by atoms with Crippen molar-refractivity contribution in [1.29, 1.82) is 0 Å². The molecule has 0 aliphatic carbocycles. The maximum atomic E-state index is 5.45. The van der Waals surface area contributed by atoms with Crippen LogP contribution in [0.3, 0.4) is 0 Å². The normalized spacial score (nSPS) is 10.6. The van der Waals surface area contributed by atoms with Crippen LogP contribution in [0.1, 0.15) is 0 Å². The molecule has 3 heterocycles. The second-order valence-corrected chi connectivity index (χ2v) is 7.41. The summed E-state index contributed by atoms with van der Waals surface area (Å²) in [6.45, 7) is 0. The molecule has 0 amide bonds. The van der Waals surface area contributed by atoms with Crippen LogP contribution in [-0.2, 0) is 0 Å². The minimum atomic E-state index is 0.499. The fourth-order valence-electron chi connectivity index (χ4n) is 3.31. The molecule has 0 unspecified atom stereocenters. The van der Waals surface area contributed by atoms with Gasteiger partial charge in [0.25, 0.3) is 0 Å². The lowest BCUT2D eigenvalue weighted by Crippen LogP contribution is -2.18. The Labute approximate surface area is 190 Å². The van der Waals surface area contributed by atoms with Crippen molar-refractivity contribution < 1.29 is 0 Å². The highest BCUT2D eigenvalue weighted by atomic mass is 32.1. The maximum Gasteiger partial charge on any atom is 0.175 e. The summed E-state index contributed by atoms with van der Waals surface area (Å²) in [5.41, 5.74) is 6.09. The molecule has 2 aromatic carbocycles. The first-order valence-corrected chi connectivity index (χ1v) is 10.4. The number of nitrogens with one attached hydrogen (secondary N) is 2. The summed E-state index contributed by atoms with van der Waals surface area (Å²) in [5, 5.41) is 6.88. The molecule has 0 atom stereocenters. The van der Waals surface area contributed by atoms with Gasteiger partial charge in [-0.15, -0.1) is 0 Å². The fraction of sp³-hybridized carbons (Fsp3) is 0. The van der Waals surface area contributed by atoms with Gasteiger partial charge in [-0.2, -0.15) is 0 Å². The van der Waals surface area contributed by atoms with E-state index in [4.69, 9.17) is 22.2 Å². The average molecular weight is 435 g/mol. The van der Waals surface area contributed by atoms with Crippen molar-refractivity contribution in [3.63, 3.8) is 0 Å². The van der Waals surface area contributed by atoms with Crippen LogP contribution >= 0.6 is 12.2 Å². The Hall–Kier alpha value is -4.23. The standard InChI is InChI=1S/C25H18N6S/c32-25(28-17-8-2-1-3-9-17)29-18-12-13-19-22(16-18)31-24(21-11-5-7-15-27-21)23(30-19)20-10-4-6-14-26-20/h1-16H,(H2,28,29,32). The van der Waals surface area contributed by atoms with E-state index in [1.165, 1.54) is 0 Å². The first-order chi connectivity index (χ1) is 15.8. The molecule has 5 rings (SSSR count). The molecule has 0 aliphatic rings. The number of benzene rings is 2. The summed E-state index contributed by atoms with van der Waals surface area (Å²) in [4.78, 5) is 18.7. The predicted molar refractivity (Wildman–Crippen MR) is 132 cm³/mol. The van der Waals surface area contributed by atoms with Crippen LogP contribution in [0.5, 0.6) is 0 Å². The van der Waals surface area contributed by atoms with Gasteiger partial charge in [0.1, 0.15) is 11.4 Å². The Kier molecular flexibility index (Phi) is 5.47. The summed E-state index contributed by atoms with van der Waals surface area (Å²) in [6.07, 6.45) is 3.49. The van der Waals surface area contributed by atoms with Crippen molar-refractivity contribution in [3.8, 4) is 22.8 Å². The lowest BCUT2D eigenvalue weighted by molar-refractivity contribution is 1.21. The van der Waals surface area contributed by atoms with Gasteiger partial charge in [-0.05, 0) is 66.8 Å². The van der Waals surface area contributed by atoms with E-state index in [-0.39, 0.29) is 0 Å². The van der Waals surface area contributed by atoms with E-state index in [0.717, 1.165) is 33.8 Å². The number of hydrogen-bond acceptors (Lipinski definition) is 5. The molecule has 0 radical (unpaired) electrons. The fourth-order valence-corrected chi connectivity index (χ4v) is 3.55. The smallest absolute Gasteiger partial charge is 0.175 e. The molecular weight excluding hydrogens is 416 g/mol. The molecule has 0 spiro atoms. The molecule has 0 saturated carbocycles. The van der Waals surface area contributed by atoms with Gasteiger partial charge < -0.3 is 10.6 Å². The highest BCUT2D eigenvalue weighted by Crippen LogP contribution is 2.29. The number of fused-ring (bicyclic) bond motifs is 1. The summed E-state index contributed by atoms with van der Waals surface area (Å²) in [7, 11) is 0. The number of aromatic nitrogens is 4. The molecule has 154 valence electrons. The van der Waals surface area contributed by atoms with Crippen LogP contribution in [0.25, 0.3) is 33.8 Å². The number of thiocarbonyl (C=S) groups is 1. The zero-order chi connectivity index (χ0) is 21.8. The Morgan fingerprint density at radius 1 is 0.594 bits per heavy atom. The highest BCUT2D eigenvalue weighted by molar-refractivity contribution is 7.80. The van der Waals surface area contributed by atoms with Gasteiger partial charge in [-0.3, -0.25) is 9.97 Å². The van der Waals surface area contributed by atoms with Gasteiger partial charge in [-0.25, -0.2) is 9.97 Å². The van der Waals surface area contributed by atoms with Crippen LogP contribution in [-0.4, -0.2) is 25.0 Å². The molecule has 6 nitrogen and oxygen atoms in total. The molecule has 7 heteroatoms. The number of anilines is 2. The van der Waals surface area contributed by atoms with Crippen LogP contribution in [0.15, 0.2) is 97.3 Å². The van der Waals surface area contributed by atoms with Gasteiger partial charge in [0.05, 0.1) is 22.4 Å². The van der Waals surface area contributed by atoms with Gasteiger partial charge in [0, 0.05) is 23.8 Å². The average Bonchev–Trinajstić information content (AvgIpc) is 2.85. The van der Waals surface area contributed by atoms with Crippen molar-refractivity contribution in [2.24, 2.45) is 0 Å². The second kappa shape index (κ2) is 8.87. The number of para-hydroxylation sites is 1. The Morgan fingerprint density at radius 2 is 1.19 bits per heavy atom. The van der Waals surface area contributed by atoms with Gasteiger partial charge >= 0.3 is 0 Å². The zero-order valence-electron chi connectivity index (χ0n) is 16.9. The molecule has 0 saturated heterocycles. The van der Waals surface area contributed by atoms with E-state index < -0.39 is 0 Å². The lowest BCUT2D eigenvalue weighted by atomic mass is 10.1. The Morgan fingerprint density at radius 3 is 1.81 bits per heavy atom. The van der Waals surface area contributed by atoms with Crippen LogP contribution in [0, 0.1) is 0 Å². The molecule has 0 aliphatic heterocycles. The van der Waals surface area contributed by atoms with Crippen molar-refractivity contribution in [2.75, 3.05) is 10.6 Å². The predicted octanol–water partition coefficient (Wildman–Crippen LogP) is 5.56. The summed E-state index contributed by atoms with van der Waals surface area (Å²) < 4.78 is 0. The summed E-state index contributed by atoms with van der Waals surface area (Å²) in [5.74, 6) is 0. The van der Waals surface area contributed by atoms with E-state index in [1.807, 2.05) is 84.9 Å². The topological polar surface area (TPSA) is 75.6 Å². The van der Waals surface area contributed by atoms with E-state index in [1.54, 1.807) is 12.4 Å². The van der Waals surface area contributed by atoms with Crippen LogP contribution < -0.4 is 10.6 Å². The quantitative estimate of drug-likeness (QED) is 0.359. The molecule has 32 heavy (non-hydrogen) atoms. The van der Waals surface area contributed by atoms with Crippen LogP contribution in [0.4, 0.5) is 11.4 Å². The summed E-state index contributed by atoms with van der Waals surface area (Å²) >= 11 is 5.45. The van der Waals surface area contributed by atoms with Crippen molar-refractivity contribution in [2.45, 2.75) is 0 Å². The monoisotopic (exact) mass is 434 g/mol. The maximum absolute atomic E-state index is 5.45. The van der Waals surface area contributed by atoms with Gasteiger partial charge in [-0.1, -0.05) is 30.3 Å². The minimum absolute atomic E-state index is 0.499. The lowest BCUT2D eigenvalue weighted by Gasteiger charge is -2.12. The first kappa shape index (κ1) is 19.7. The summed E-state index contributed by atoms with van der Waals surface area (Å²) in [6, 6.07) is 27.0. The van der Waals surface area contributed by atoms with E-state index in [0.29, 0.717) is 16.5 Å². The third-order valence-electron chi connectivity index (χ3n) is 4.77. The SMILES string of the molecule is S=C(Nc1ccccc1)Nc1ccc2nc(-c3ccccn3)c(-c3ccccn3)nc2c1. The Balaban J connectivity index is 1.52. The number of hydrogen-bond donors (Lipinski definition) is 2. The zero-order valence-corrected chi connectivity index (χ0v) is 17.8. The molecule has 0 fully saturated rings. The van der Waals surface area contributed by atoms with Crippen molar-refractivity contribution in [1.82, 2.24) is 19.9 Å². The van der Waals surface area contributed by atoms with Gasteiger partial charge in [0.15, 0.2) is 5.11 Å². The van der Waals surface area contributed by atoms with E-state index in [2.05, 4.69) is 20.6 Å². The number of rotatable bonds is 4. The molecule has 2 N–H and O–H groups in total. The molecular formula is C25H18N6S. The minimum Gasteiger partial charge on any atom is -0.332 e. The first-order valence-electron chi connectivity index (χ1n) is 10.0. The molecule has 3 aromatic heterocycles. The third kappa shape index (κ3) is 4.28. The molecule has 5 aromatic rings. The van der Waals surface area contributed by atoms with Crippen molar-refractivity contribution in [3.05, 3.63) is 97.3 Å². The second-order valence-electron chi connectivity index (χ2n) is 7.00.